The van der Waals surface area contributed by atoms with Crippen LogP contribution in [0.2, 0.25) is 0 Å². The molecule has 2 aromatic rings. The van der Waals surface area contributed by atoms with E-state index in [4.69, 9.17) is 9.47 Å². The van der Waals surface area contributed by atoms with Crippen LogP contribution in [0.25, 0.3) is 0 Å². The highest BCUT2D eigenvalue weighted by Gasteiger charge is 2.48. The van der Waals surface area contributed by atoms with E-state index in [1.807, 2.05) is 26.0 Å². The van der Waals surface area contributed by atoms with Crippen LogP contribution in [0.3, 0.4) is 0 Å². The summed E-state index contributed by atoms with van der Waals surface area (Å²) in [6.07, 6.45) is 5.60. The second kappa shape index (κ2) is 10.6. The zero-order valence-electron chi connectivity index (χ0n) is 21.4. The SMILES string of the molecule is CCOc1cc(CNC(=O)c2ncn3c2C(=O)N(CC)C(C)(C(=O)NC2CCCC2)C3)ccc1OC. The summed E-state index contributed by atoms with van der Waals surface area (Å²) < 4.78 is 12.5. The van der Waals surface area contributed by atoms with Crippen LogP contribution in [0.4, 0.5) is 0 Å². The molecular weight excluding hydrogens is 462 g/mol. The topological polar surface area (TPSA) is 115 Å². The lowest BCUT2D eigenvalue weighted by Gasteiger charge is -2.43. The first kappa shape index (κ1) is 25.5. The number of amides is 3. The van der Waals surface area contributed by atoms with Crippen molar-refractivity contribution >= 4 is 17.7 Å². The van der Waals surface area contributed by atoms with Gasteiger partial charge in [-0.1, -0.05) is 18.9 Å². The van der Waals surface area contributed by atoms with Gasteiger partial charge in [-0.05, 0) is 51.3 Å². The summed E-state index contributed by atoms with van der Waals surface area (Å²) in [5.74, 6) is 0.203. The minimum atomic E-state index is -1.06. The van der Waals surface area contributed by atoms with Crippen molar-refractivity contribution < 1.29 is 23.9 Å². The van der Waals surface area contributed by atoms with Crippen molar-refractivity contribution in [3.63, 3.8) is 0 Å². The molecule has 36 heavy (non-hydrogen) atoms. The Labute approximate surface area is 211 Å². The van der Waals surface area contributed by atoms with E-state index in [-0.39, 0.29) is 42.3 Å². The van der Waals surface area contributed by atoms with Crippen LogP contribution in [-0.4, -0.2) is 64.0 Å². The number of ether oxygens (including phenoxy) is 2. The maximum atomic E-state index is 13.5. The van der Waals surface area contributed by atoms with Crippen molar-refractivity contribution in [1.29, 1.82) is 0 Å². The molecule has 1 aliphatic carbocycles. The third-order valence-electron chi connectivity index (χ3n) is 7.05. The fourth-order valence-electron chi connectivity index (χ4n) is 5.12. The number of fused-ring (bicyclic) bond motifs is 1. The fraction of sp³-hybridized carbons (Fsp3) is 0.538. The number of hydrogen-bond donors (Lipinski definition) is 2. The number of benzene rings is 1. The molecule has 2 aliphatic rings. The van der Waals surface area contributed by atoms with E-state index in [2.05, 4.69) is 15.6 Å². The molecule has 1 unspecified atom stereocenters. The van der Waals surface area contributed by atoms with E-state index in [0.717, 1.165) is 31.2 Å². The lowest BCUT2D eigenvalue weighted by Crippen LogP contribution is -2.64. The molecule has 194 valence electrons. The van der Waals surface area contributed by atoms with Crippen LogP contribution in [0.15, 0.2) is 24.5 Å². The Hall–Kier alpha value is -3.56. The standard InChI is InChI=1S/C26H35N5O5/c1-5-31-24(33)22-21(23(32)27-14-17-11-12-19(35-4)20(13-17)36-6-2)28-16-30(22)15-26(31,3)25(34)29-18-9-7-8-10-18/h11-13,16,18H,5-10,14-15H2,1-4H3,(H,27,32)(H,29,34). The second-order valence-corrected chi connectivity index (χ2v) is 9.45. The van der Waals surface area contributed by atoms with Gasteiger partial charge in [0.15, 0.2) is 17.2 Å². The number of likely N-dealkylation sites (N-methyl/N-ethyl adjacent to an activating group) is 1. The first-order valence-electron chi connectivity index (χ1n) is 12.6. The van der Waals surface area contributed by atoms with Crippen LogP contribution >= 0.6 is 0 Å². The largest absolute Gasteiger partial charge is 0.493 e. The Morgan fingerprint density at radius 2 is 1.94 bits per heavy atom. The van der Waals surface area contributed by atoms with E-state index in [1.54, 1.807) is 29.6 Å². The highest BCUT2D eigenvalue weighted by molar-refractivity contribution is 6.07. The van der Waals surface area contributed by atoms with Crippen LogP contribution in [0.5, 0.6) is 11.5 Å². The normalized spacial score (nSPS) is 19.7. The third kappa shape index (κ3) is 4.76. The molecule has 0 spiro atoms. The summed E-state index contributed by atoms with van der Waals surface area (Å²) >= 11 is 0. The lowest BCUT2D eigenvalue weighted by molar-refractivity contribution is -0.133. The number of nitrogens with one attached hydrogen (secondary N) is 2. The van der Waals surface area contributed by atoms with Gasteiger partial charge in [0.2, 0.25) is 5.91 Å². The van der Waals surface area contributed by atoms with Crippen molar-refractivity contribution in [3.05, 3.63) is 41.5 Å². The molecule has 4 rings (SSSR count). The third-order valence-corrected chi connectivity index (χ3v) is 7.05. The zero-order valence-corrected chi connectivity index (χ0v) is 21.4. The highest BCUT2D eigenvalue weighted by atomic mass is 16.5. The average Bonchev–Trinajstić information content (AvgIpc) is 3.53. The van der Waals surface area contributed by atoms with Crippen molar-refractivity contribution in [1.82, 2.24) is 25.1 Å². The lowest BCUT2D eigenvalue weighted by atomic mass is 9.94. The summed E-state index contributed by atoms with van der Waals surface area (Å²) in [6.45, 7) is 6.78. The summed E-state index contributed by atoms with van der Waals surface area (Å²) in [5, 5.41) is 5.97. The van der Waals surface area contributed by atoms with Gasteiger partial charge in [0.25, 0.3) is 11.8 Å². The van der Waals surface area contributed by atoms with E-state index in [0.29, 0.717) is 24.7 Å². The van der Waals surface area contributed by atoms with E-state index in [1.165, 1.54) is 6.33 Å². The number of methoxy groups -OCH3 is 1. The molecule has 0 saturated heterocycles. The predicted molar refractivity (Wildman–Crippen MR) is 133 cm³/mol. The highest BCUT2D eigenvalue weighted by Crippen LogP contribution is 2.30. The Morgan fingerprint density at radius 1 is 1.19 bits per heavy atom. The quantitative estimate of drug-likeness (QED) is 0.550. The van der Waals surface area contributed by atoms with Gasteiger partial charge in [-0.3, -0.25) is 14.4 Å². The molecule has 1 aliphatic heterocycles. The fourth-order valence-corrected chi connectivity index (χ4v) is 5.12. The number of hydrogen-bond acceptors (Lipinski definition) is 6. The average molecular weight is 498 g/mol. The second-order valence-electron chi connectivity index (χ2n) is 9.45. The molecule has 1 fully saturated rings. The Kier molecular flexibility index (Phi) is 7.51. The first-order valence-corrected chi connectivity index (χ1v) is 12.6. The molecule has 10 nitrogen and oxygen atoms in total. The van der Waals surface area contributed by atoms with Gasteiger partial charge in [-0.2, -0.15) is 0 Å². The number of aromatic nitrogens is 2. The summed E-state index contributed by atoms with van der Waals surface area (Å²) in [7, 11) is 1.57. The number of nitrogens with zero attached hydrogens (tertiary/aromatic N) is 3. The van der Waals surface area contributed by atoms with Gasteiger partial charge in [-0.25, -0.2) is 4.98 Å². The molecule has 1 saturated carbocycles. The molecular formula is C26H35N5O5. The van der Waals surface area contributed by atoms with E-state index >= 15 is 0 Å². The summed E-state index contributed by atoms with van der Waals surface area (Å²) in [6, 6.07) is 5.58. The van der Waals surface area contributed by atoms with Crippen molar-refractivity contribution in [2.75, 3.05) is 20.3 Å². The number of rotatable bonds is 9. The van der Waals surface area contributed by atoms with Gasteiger partial charge in [-0.15, -0.1) is 0 Å². The van der Waals surface area contributed by atoms with E-state index < -0.39 is 11.4 Å². The molecule has 1 atom stereocenters. The molecule has 3 amide bonds. The summed E-state index contributed by atoms with van der Waals surface area (Å²) in [5.41, 5.74) is 0.00748. The minimum Gasteiger partial charge on any atom is -0.493 e. The van der Waals surface area contributed by atoms with Crippen molar-refractivity contribution in [3.8, 4) is 11.5 Å². The number of carbonyl (C=O) groups excluding carboxylic acids is 3. The number of carbonyl (C=O) groups is 3. The van der Waals surface area contributed by atoms with Crippen LogP contribution < -0.4 is 20.1 Å². The Morgan fingerprint density at radius 3 is 2.61 bits per heavy atom. The van der Waals surface area contributed by atoms with Gasteiger partial charge >= 0.3 is 0 Å². The van der Waals surface area contributed by atoms with E-state index in [9.17, 15) is 14.4 Å². The van der Waals surface area contributed by atoms with Gasteiger partial charge in [0.05, 0.1) is 26.6 Å². The van der Waals surface area contributed by atoms with Crippen LogP contribution in [0.1, 0.15) is 73.0 Å². The molecule has 10 heteroatoms. The smallest absolute Gasteiger partial charge is 0.273 e. The van der Waals surface area contributed by atoms with Gasteiger partial charge < -0.3 is 29.6 Å². The molecule has 1 aromatic carbocycles. The molecule has 1 aromatic heterocycles. The van der Waals surface area contributed by atoms with Crippen LogP contribution in [0, 0.1) is 0 Å². The maximum Gasteiger partial charge on any atom is 0.273 e. The molecule has 0 bridgehead atoms. The van der Waals surface area contributed by atoms with Crippen molar-refractivity contribution in [2.24, 2.45) is 0 Å². The molecule has 2 N–H and O–H groups in total. The minimum absolute atomic E-state index is 0.0512. The molecule has 2 heterocycles. The predicted octanol–water partition coefficient (Wildman–Crippen LogP) is 2.51. The maximum absolute atomic E-state index is 13.5. The monoisotopic (exact) mass is 497 g/mol. The van der Waals surface area contributed by atoms with Crippen LogP contribution in [-0.2, 0) is 17.9 Å². The van der Waals surface area contributed by atoms with Gasteiger partial charge in [0.1, 0.15) is 11.2 Å². The van der Waals surface area contributed by atoms with Gasteiger partial charge in [0, 0.05) is 19.1 Å². The molecule has 0 radical (unpaired) electrons. The first-order chi connectivity index (χ1) is 17.3. The zero-order chi connectivity index (χ0) is 25.9. The summed E-state index contributed by atoms with van der Waals surface area (Å²) in [4.78, 5) is 45.7. The number of imidazole rings is 1. The Bertz CT molecular complexity index is 1140. The Balaban J connectivity index is 1.51. The van der Waals surface area contributed by atoms with Crippen molar-refractivity contribution in [2.45, 2.75) is 71.1 Å².